The predicted octanol–water partition coefficient (Wildman–Crippen LogP) is 3.83. The molecule has 0 heterocycles. The summed E-state index contributed by atoms with van der Waals surface area (Å²) in [4.78, 5) is 22.5. The summed E-state index contributed by atoms with van der Waals surface area (Å²) in [6.07, 6.45) is 3.45. The van der Waals surface area contributed by atoms with Gasteiger partial charge in [0.05, 0.1) is 18.5 Å². The number of ketones is 1. The van der Waals surface area contributed by atoms with Crippen LogP contribution in [0.2, 0.25) is 0 Å². The van der Waals surface area contributed by atoms with Gasteiger partial charge in [0, 0.05) is 19.4 Å². The Hall–Kier alpha value is -1.20. The highest BCUT2D eigenvalue weighted by molar-refractivity contribution is 9.09. The van der Waals surface area contributed by atoms with Gasteiger partial charge in [0.25, 0.3) is 0 Å². The molecule has 4 nitrogen and oxygen atoms in total. The SMILES string of the molecule is CCOC(=O)CCc1cccc(COCCCCC(=O)CBr)c1. The van der Waals surface area contributed by atoms with Crippen molar-refractivity contribution in [2.24, 2.45) is 0 Å². The summed E-state index contributed by atoms with van der Waals surface area (Å²) in [5.74, 6) is 0.0754. The first-order chi connectivity index (χ1) is 11.2. The fraction of sp³-hybridized carbons (Fsp3) is 0.556. The number of rotatable bonds is 12. The number of Topliss-reactive ketones (excluding diaryl/α,β-unsaturated/α-hetero) is 1. The van der Waals surface area contributed by atoms with Crippen molar-refractivity contribution in [3.63, 3.8) is 0 Å². The van der Waals surface area contributed by atoms with Crippen LogP contribution in [-0.2, 0) is 32.1 Å². The van der Waals surface area contributed by atoms with Gasteiger partial charge in [0.2, 0.25) is 0 Å². The zero-order valence-electron chi connectivity index (χ0n) is 13.7. The molecule has 0 unspecified atom stereocenters. The predicted molar refractivity (Wildman–Crippen MR) is 93.7 cm³/mol. The van der Waals surface area contributed by atoms with Crippen molar-refractivity contribution in [3.05, 3.63) is 35.4 Å². The Bertz CT molecular complexity index is 488. The zero-order valence-corrected chi connectivity index (χ0v) is 15.3. The molecule has 1 rings (SSSR count). The third-order valence-corrected chi connectivity index (χ3v) is 3.95. The van der Waals surface area contributed by atoms with E-state index in [4.69, 9.17) is 9.47 Å². The van der Waals surface area contributed by atoms with E-state index in [2.05, 4.69) is 22.0 Å². The molecular formula is C18H25BrO4. The molecule has 0 radical (unpaired) electrons. The number of unbranched alkanes of at least 4 members (excludes halogenated alkanes) is 1. The average Bonchev–Trinajstić information content (AvgIpc) is 2.56. The van der Waals surface area contributed by atoms with Crippen LogP contribution in [-0.4, -0.2) is 30.3 Å². The van der Waals surface area contributed by atoms with Crippen LogP contribution >= 0.6 is 15.9 Å². The molecule has 5 heteroatoms. The number of alkyl halides is 1. The first-order valence-corrected chi connectivity index (χ1v) is 9.16. The topological polar surface area (TPSA) is 52.6 Å². The quantitative estimate of drug-likeness (QED) is 0.312. The average molecular weight is 385 g/mol. The number of carbonyl (C=O) groups is 2. The fourth-order valence-electron chi connectivity index (χ4n) is 2.14. The molecule has 0 saturated heterocycles. The zero-order chi connectivity index (χ0) is 16.9. The highest BCUT2D eigenvalue weighted by Gasteiger charge is 2.04. The van der Waals surface area contributed by atoms with Crippen LogP contribution in [0, 0.1) is 0 Å². The summed E-state index contributed by atoms with van der Waals surface area (Å²) in [5.41, 5.74) is 2.21. The molecule has 0 aliphatic carbocycles. The van der Waals surface area contributed by atoms with E-state index in [0.717, 1.165) is 24.0 Å². The number of benzene rings is 1. The van der Waals surface area contributed by atoms with Crippen LogP contribution in [0.1, 0.15) is 43.7 Å². The minimum Gasteiger partial charge on any atom is -0.466 e. The lowest BCUT2D eigenvalue weighted by atomic mass is 10.1. The van der Waals surface area contributed by atoms with Crippen molar-refractivity contribution < 1.29 is 19.1 Å². The molecule has 0 fully saturated rings. The van der Waals surface area contributed by atoms with Gasteiger partial charge in [0.15, 0.2) is 0 Å². The van der Waals surface area contributed by atoms with Crippen LogP contribution in [0.15, 0.2) is 24.3 Å². The van der Waals surface area contributed by atoms with Gasteiger partial charge in [0.1, 0.15) is 5.78 Å². The molecule has 0 aliphatic heterocycles. The molecule has 1 aromatic carbocycles. The molecule has 23 heavy (non-hydrogen) atoms. The third-order valence-electron chi connectivity index (χ3n) is 3.33. The summed E-state index contributed by atoms with van der Waals surface area (Å²) < 4.78 is 10.6. The molecule has 0 atom stereocenters. The minimum absolute atomic E-state index is 0.160. The Kier molecular flexibility index (Phi) is 10.6. The van der Waals surface area contributed by atoms with E-state index in [9.17, 15) is 9.59 Å². The van der Waals surface area contributed by atoms with Crippen molar-refractivity contribution in [2.45, 2.75) is 45.6 Å². The van der Waals surface area contributed by atoms with Crippen molar-refractivity contribution >= 4 is 27.7 Å². The van der Waals surface area contributed by atoms with Crippen LogP contribution in [0.5, 0.6) is 0 Å². The number of hydrogen-bond donors (Lipinski definition) is 0. The van der Waals surface area contributed by atoms with Gasteiger partial charge < -0.3 is 9.47 Å². The fourth-order valence-corrected chi connectivity index (χ4v) is 2.42. The molecule has 0 spiro atoms. The molecule has 0 aliphatic rings. The number of halogens is 1. The van der Waals surface area contributed by atoms with Crippen molar-refractivity contribution in [1.82, 2.24) is 0 Å². The Morgan fingerprint density at radius 3 is 2.65 bits per heavy atom. The van der Waals surface area contributed by atoms with Crippen LogP contribution in [0.25, 0.3) is 0 Å². The Balaban J connectivity index is 2.23. The standard InChI is InChI=1S/C18H25BrO4/c1-2-23-18(21)10-9-15-6-5-7-16(12-15)14-22-11-4-3-8-17(20)13-19/h5-7,12H,2-4,8-11,13-14H2,1H3. The first-order valence-electron chi connectivity index (χ1n) is 8.04. The van der Waals surface area contributed by atoms with E-state index in [1.807, 2.05) is 25.1 Å². The molecule has 128 valence electrons. The third kappa shape index (κ3) is 9.51. The minimum atomic E-state index is -0.160. The normalized spacial score (nSPS) is 10.5. The molecule has 1 aromatic rings. The number of carbonyl (C=O) groups excluding carboxylic acids is 2. The Morgan fingerprint density at radius 1 is 1.13 bits per heavy atom. The van der Waals surface area contributed by atoms with E-state index in [1.54, 1.807) is 0 Å². The molecule has 0 saturated carbocycles. The van der Waals surface area contributed by atoms with Crippen LogP contribution in [0.4, 0.5) is 0 Å². The van der Waals surface area contributed by atoms with Gasteiger partial charge in [-0.3, -0.25) is 9.59 Å². The number of hydrogen-bond acceptors (Lipinski definition) is 4. The molecular weight excluding hydrogens is 360 g/mol. The lowest BCUT2D eigenvalue weighted by Gasteiger charge is -2.07. The summed E-state index contributed by atoms with van der Waals surface area (Å²) in [5, 5.41) is 0.437. The Labute approximate surface area is 146 Å². The second-order valence-electron chi connectivity index (χ2n) is 5.31. The van der Waals surface area contributed by atoms with Crippen molar-refractivity contribution in [3.8, 4) is 0 Å². The summed E-state index contributed by atoms with van der Waals surface area (Å²) >= 11 is 3.16. The maximum atomic E-state index is 11.4. The number of esters is 1. The van der Waals surface area contributed by atoms with Gasteiger partial charge in [-0.25, -0.2) is 0 Å². The summed E-state index contributed by atoms with van der Waals surface area (Å²) in [6.45, 7) is 3.45. The van der Waals surface area contributed by atoms with Gasteiger partial charge in [-0.05, 0) is 37.3 Å². The maximum Gasteiger partial charge on any atom is 0.306 e. The van der Waals surface area contributed by atoms with Gasteiger partial charge >= 0.3 is 5.97 Å². The van der Waals surface area contributed by atoms with E-state index < -0.39 is 0 Å². The van der Waals surface area contributed by atoms with Crippen molar-refractivity contribution in [2.75, 3.05) is 18.5 Å². The van der Waals surface area contributed by atoms with Crippen LogP contribution in [0.3, 0.4) is 0 Å². The largest absolute Gasteiger partial charge is 0.466 e. The molecule has 0 N–H and O–H groups in total. The number of aryl methyl sites for hydroxylation is 1. The summed E-state index contributed by atoms with van der Waals surface area (Å²) in [6, 6.07) is 8.07. The van der Waals surface area contributed by atoms with Crippen LogP contribution < -0.4 is 0 Å². The van der Waals surface area contributed by atoms with E-state index in [0.29, 0.717) is 44.4 Å². The van der Waals surface area contributed by atoms with E-state index in [1.165, 1.54) is 0 Å². The molecule has 0 amide bonds. The Morgan fingerprint density at radius 2 is 1.91 bits per heavy atom. The smallest absolute Gasteiger partial charge is 0.306 e. The highest BCUT2D eigenvalue weighted by atomic mass is 79.9. The highest BCUT2D eigenvalue weighted by Crippen LogP contribution is 2.10. The second kappa shape index (κ2) is 12.3. The lowest BCUT2D eigenvalue weighted by molar-refractivity contribution is -0.143. The lowest BCUT2D eigenvalue weighted by Crippen LogP contribution is -2.05. The van der Waals surface area contributed by atoms with E-state index in [-0.39, 0.29) is 11.8 Å². The maximum absolute atomic E-state index is 11.4. The first kappa shape index (κ1) is 19.8. The van der Waals surface area contributed by atoms with Gasteiger partial charge in [-0.2, -0.15) is 0 Å². The van der Waals surface area contributed by atoms with E-state index >= 15 is 0 Å². The monoisotopic (exact) mass is 384 g/mol. The van der Waals surface area contributed by atoms with Crippen molar-refractivity contribution in [1.29, 1.82) is 0 Å². The van der Waals surface area contributed by atoms with Gasteiger partial charge in [-0.15, -0.1) is 0 Å². The summed E-state index contributed by atoms with van der Waals surface area (Å²) in [7, 11) is 0. The molecule has 0 aromatic heterocycles. The second-order valence-corrected chi connectivity index (χ2v) is 5.87. The van der Waals surface area contributed by atoms with Gasteiger partial charge in [-0.1, -0.05) is 40.2 Å². The molecule has 0 bridgehead atoms. The number of ether oxygens (including phenoxy) is 2.